The summed E-state index contributed by atoms with van der Waals surface area (Å²) in [6.07, 6.45) is 7.39. The van der Waals surface area contributed by atoms with Gasteiger partial charge in [-0.1, -0.05) is 12.8 Å². The van der Waals surface area contributed by atoms with Crippen molar-refractivity contribution >= 4 is 5.91 Å². The van der Waals surface area contributed by atoms with E-state index in [1.54, 1.807) is 0 Å². The molecule has 0 spiro atoms. The van der Waals surface area contributed by atoms with Crippen LogP contribution in [-0.4, -0.2) is 36.8 Å². The Bertz CT molecular complexity index is 262. The standard InChI is InChI=1S/C13H24N2O2/c16-10-13(5-1-2-6-13)9-15-11-4-3-7-14-12(17)8-11/h11,15-16H,1-10H2,(H,14,17). The summed E-state index contributed by atoms with van der Waals surface area (Å²) in [5, 5.41) is 15.9. The van der Waals surface area contributed by atoms with Gasteiger partial charge in [0.2, 0.25) is 5.91 Å². The molecule has 1 aliphatic carbocycles. The Morgan fingerprint density at radius 1 is 1.35 bits per heavy atom. The third-order valence-corrected chi connectivity index (χ3v) is 4.25. The minimum atomic E-state index is 0.0861. The van der Waals surface area contributed by atoms with Crippen LogP contribution < -0.4 is 10.6 Å². The molecule has 1 saturated carbocycles. The average Bonchev–Trinajstić information content (AvgIpc) is 2.71. The lowest BCUT2D eigenvalue weighted by Gasteiger charge is -2.29. The molecule has 1 heterocycles. The molecule has 1 unspecified atom stereocenters. The molecule has 0 aromatic carbocycles. The first-order chi connectivity index (χ1) is 8.24. The van der Waals surface area contributed by atoms with Crippen molar-refractivity contribution in [2.75, 3.05) is 19.7 Å². The SMILES string of the molecule is O=C1CC(NCC2(CO)CCCC2)CCCN1. The van der Waals surface area contributed by atoms with E-state index in [0.717, 1.165) is 38.8 Å². The number of aliphatic hydroxyl groups excluding tert-OH is 1. The first-order valence-electron chi connectivity index (χ1n) is 6.85. The van der Waals surface area contributed by atoms with Crippen LogP contribution >= 0.6 is 0 Å². The Morgan fingerprint density at radius 2 is 2.12 bits per heavy atom. The maximum absolute atomic E-state index is 11.4. The second kappa shape index (κ2) is 5.83. The van der Waals surface area contributed by atoms with E-state index in [4.69, 9.17) is 0 Å². The number of rotatable bonds is 4. The van der Waals surface area contributed by atoms with Crippen molar-refractivity contribution in [1.29, 1.82) is 0 Å². The number of amides is 1. The van der Waals surface area contributed by atoms with E-state index >= 15 is 0 Å². The fraction of sp³-hybridized carbons (Fsp3) is 0.923. The molecule has 4 heteroatoms. The molecule has 3 N–H and O–H groups in total. The largest absolute Gasteiger partial charge is 0.396 e. The molecule has 1 saturated heterocycles. The number of carbonyl (C=O) groups excluding carboxylic acids is 1. The lowest BCUT2D eigenvalue weighted by atomic mass is 9.86. The summed E-state index contributed by atoms with van der Waals surface area (Å²) in [7, 11) is 0. The normalized spacial score (nSPS) is 28.8. The van der Waals surface area contributed by atoms with Crippen LogP contribution in [0, 0.1) is 5.41 Å². The summed E-state index contributed by atoms with van der Waals surface area (Å²) < 4.78 is 0. The van der Waals surface area contributed by atoms with Gasteiger partial charge >= 0.3 is 0 Å². The van der Waals surface area contributed by atoms with Crippen LogP contribution in [-0.2, 0) is 4.79 Å². The molecule has 98 valence electrons. The molecular formula is C13H24N2O2. The molecule has 2 rings (SSSR count). The van der Waals surface area contributed by atoms with Crippen LogP contribution in [0.2, 0.25) is 0 Å². The molecule has 1 atom stereocenters. The Morgan fingerprint density at radius 3 is 2.82 bits per heavy atom. The van der Waals surface area contributed by atoms with Crippen molar-refractivity contribution in [3.63, 3.8) is 0 Å². The quantitative estimate of drug-likeness (QED) is 0.681. The topological polar surface area (TPSA) is 61.4 Å². The maximum Gasteiger partial charge on any atom is 0.221 e. The number of hydrogen-bond donors (Lipinski definition) is 3. The van der Waals surface area contributed by atoms with Crippen molar-refractivity contribution in [2.45, 2.75) is 51.0 Å². The van der Waals surface area contributed by atoms with Crippen molar-refractivity contribution in [1.82, 2.24) is 10.6 Å². The molecule has 0 bridgehead atoms. The van der Waals surface area contributed by atoms with Gasteiger partial charge in [0.15, 0.2) is 0 Å². The Hall–Kier alpha value is -0.610. The Kier molecular flexibility index (Phi) is 4.40. The molecule has 4 nitrogen and oxygen atoms in total. The van der Waals surface area contributed by atoms with E-state index < -0.39 is 0 Å². The van der Waals surface area contributed by atoms with E-state index in [9.17, 15) is 9.90 Å². The van der Waals surface area contributed by atoms with Crippen molar-refractivity contribution in [3.05, 3.63) is 0 Å². The van der Waals surface area contributed by atoms with Crippen LogP contribution in [0.3, 0.4) is 0 Å². The van der Waals surface area contributed by atoms with Crippen LogP contribution in [0.4, 0.5) is 0 Å². The van der Waals surface area contributed by atoms with E-state index in [0.29, 0.717) is 12.5 Å². The fourth-order valence-electron chi connectivity index (χ4n) is 3.03. The molecule has 1 aliphatic heterocycles. The van der Waals surface area contributed by atoms with Crippen LogP contribution in [0.25, 0.3) is 0 Å². The minimum absolute atomic E-state index is 0.0861. The number of aliphatic hydroxyl groups is 1. The van der Waals surface area contributed by atoms with Crippen LogP contribution in [0.1, 0.15) is 44.9 Å². The van der Waals surface area contributed by atoms with Gasteiger partial charge in [0.05, 0.1) is 0 Å². The molecule has 0 aromatic heterocycles. The number of nitrogens with one attached hydrogen (secondary N) is 2. The summed E-state index contributed by atoms with van der Waals surface area (Å²) in [5.41, 5.74) is 0.0861. The maximum atomic E-state index is 11.4. The first kappa shape index (κ1) is 12.8. The molecule has 17 heavy (non-hydrogen) atoms. The molecule has 1 amide bonds. The highest BCUT2D eigenvalue weighted by atomic mass is 16.3. The first-order valence-corrected chi connectivity index (χ1v) is 6.85. The smallest absolute Gasteiger partial charge is 0.221 e. The van der Waals surface area contributed by atoms with Gasteiger partial charge in [0, 0.05) is 37.6 Å². The van der Waals surface area contributed by atoms with Crippen molar-refractivity contribution in [2.24, 2.45) is 5.41 Å². The highest BCUT2D eigenvalue weighted by Crippen LogP contribution is 2.37. The zero-order valence-corrected chi connectivity index (χ0v) is 10.5. The van der Waals surface area contributed by atoms with Crippen molar-refractivity contribution in [3.8, 4) is 0 Å². The van der Waals surface area contributed by atoms with Gasteiger partial charge in [-0.2, -0.15) is 0 Å². The van der Waals surface area contributed by atoms with Crippen molar-refractivity contribution < 1.29 is 9.90 Å². The molecule has 2 fully saturated rings. The second-order valence-electron chi connectivity index (χ2n) is 5.64. The van der Waals surface area contributed by atoms with Gasteiger partial charge < -0.3 is 15.7 Å². The van der Waals surface area contributed by atoms with E-state index in [1.807, 2.05) is 0 Å². The van der Waals surface area contributed by atoms with E-state index in [2.05, 4.69) is 10.6 Å². The summed E-state index contributed by atoms with van der Waals surface area (Å²) in [4.78, 5) is 11.4. The zero-order chi connectivity index (χ0) is 12.1. The molecular weight excluding hydrogens is 216 g/mol. The molecule has 2 aliphatic rings. The average molecular weight is 240 g/mol. The van der Waals surface area contributed by atoms with Gasteiger partial charge in [0.1, 0.15) is 0 Å². The predicted octanol–water partition coefficient (Wildman–Crippen LogP) is 0.797. The van der Waals surface area contributed by atoms with Gasteiger partial charge in [0.25, 0.3) is 0 Å². The molecule has 0 aromatic rings. The number of hydrogen-bond acceptors (Lipinski definition) is 3. The Balaban J connectivity index is 1.81. The lowest BCUT2D eigenvalue weighted by molar-refractivity contribution is -0.121. The fourth-order valence-corrected chi connectivity index (χ4v) is 3.03. The second-order valence-corrected chi connectivity index (χ2v) is 5.64. The van der Waals surface area contributed by atoms with Gasteiger partial charge in [-0.15, -0.1) is 0 Å². The third-order valence-electron chi connectivity index (χ3n) is 4.25. The summed E-state index contributed by atoms with van der Waals surface area (Å²) in [5.74, 6) is 0.157. The van der Waals surface area contributed by atoms with Crippen LogP contribution in [0.5, 0.6) is 0 Å². The minimum Gasteiger partial charge on any atom is -0.396 e. The highest BCUT2D eigenvalue weighted by Gasteiger charge is 2.33. The van der Waals surface area contributed by atoms with Gasteiger partial charge in [-0.3, -0.25) is 4.79 Å². The summed E-state index contributed by atoms with van der Waals surface area (Å²) >= 11 is 0. The zero-order valence-electron chi connectivity index (χ0n) is 10.5. The lowest BCUT2D eigenvalue weighted by Crippen LogP contribution is -2.41. The molecule has 0 radical (unpaired) electrons. The van der Waals surface area contributed by atoms with E-state index in [1.165, 1.54) is 12.8 Å². The monoisotopic (exact) mass is 240 g/mol. The predicted molar refractivity (Wildman–Crippen MR) is 66.6 cm³/mol. The van der Waals surface area contributed by atoms with Gasteiger partial charge in [-0.05, 0) is 25.7 Å². The summed E-state index contributed by atoms with van der Waals surface area (Å²) in [6, 6.07) is 0.293. The number of carbonyl (C=O) groups is 1. The highest BCUT2D eigenvalue weighted by molar-refractivity contribution is 5.76. The Labute approximate surface area is 103 Å². The third kappa shape index (κ3) is 3.42. The van der Waals surface area contributed by atoms with Crippen LogP contribution in [0.15, 0.2) is 0 Å². The van der Waals surface area contributed by atoms with Gasteiger partial charge in [-0.25, -0.2) is 0 Å². The summed E-state index contributed by atoms with van der Waals surface area (Å²) in [6.45, 7) is 1.95. The van der Waals surface area contributed by atoms with E-state index in [-0.39, 0.29) is 17.9 Å².